The van der Waals surface area contributed by atoms with Crippen molar-refractivity contribution in [2.24, 2.45) is 0 Å². The molecule has 0 saturated carbocycles. The van der Waals surface area contributed by atoms with E-state index >= 15 is 0 Å². The smallest absolute Gasteiger partial charge is 0.339 e. The van der Waals surface area contributed by atoms with Gasteiger partial charge in [-0.1, -0.05) is 11.6 Å². The molecule has 1 aromatic heterocycles. The molecule has 3 rings (SSSR count). The first-order valence-corrected chi connectivity index (χ1v) is 10.0. The molecule has 1 N–H and O–H groups in total. The highest BCUT2D eigenvalue weighted by atomic mass is 35.5. The summed E-state index contributed by atoms with van der Waals surface area (Å²) in [7, 11) is 0. The summed E-state index contributed by atoms with van der Waals surface area (Å²) in [5, 5.41) is 3.52. The van der Waals surface area contributed by atoms with Crippen LogP contribution in [0.4, 0.5) is 11.4 Å². The predicted octanol–water partition coefficient (Wildman–Crippen LogP) is 3.41. The molecule has 1 aromatic carbocycles. The van der Waals surface area contributed by atoms with Crippen LogP contribution in [0.25, 0.3) is 0 Å². The van der Waals surface area contributed by atoms with Crippen molar-refractivity contribution in [3.63, 3.8) is 0 Å². The molecular weight excluding hydrogens is 394 g/mol. The first kappa shape index (κ1) is 21.2. The van der Waals surface area contributed by atoms with Crippen LogP contribution >= 0.6 is 11.6 Å². The molecule has 8 heteroatoms. The van der Waals surface area contributed by atoms with Gasteiger partial charge in [0.15, 0.2) is 0 Å². The third-order valence-electron chi connectivity index (χ3n) is 4.96. The first-order valence-electron chi connectivity index (χ1n) is 9.66. The van der Waals surface area contributed by atoms with E-state index in [0.29, 0.717) is 41.8 Å². The number of nitrogens with one attached hydrogen (secondary N) is 1. The van der Waals surface area contributed by atoms with Crippen LogP contribution in [0.1, 0.15) is 28.7 Å². The minimum absolute atomic E-state index is 0.0894. The quantitative estimate of drug-likeness (QED) is 0.726. The normalized spacial score (nSPS) is 14.0. The van der Waals surface area contributed by atoms with Crippen LogP contribution in [0, 0.1) is 13.8 Å². The lowest BCUT2D eigenvalue weighted by Gasteiger charge is -2.30. The van der Waals surface area contributed by atoms with Crippen molar-refractivity contribution in [1.82, 2.24) is 4.57 Å². The first-order chi connectivity index (χ1) is 13.9. The maximum absolute atomic E-state index is 12.8. The summed E-state index contributed by atoms with van der Waals surface area (Å²) in [5.74, 6) is -0.573. The van der Waals surface area contributed by atoms with E-state index in [0.717, 1.165) is 24.5 Å². The summed E-state index contributed by atoms with van der Waals surface area (Å²) >= 11 is 6.17. The lowest BCUT2D eigenvalue weighted by molar-refractivity contribution is -0.116. The highest BCUT2D eigenvalue weighted by Gasteiger charge is 2.20. The van der Waals surface area contributed by atoms with Crippen LogP contribution in [0.3, 0.4) is 0 Å². The molecule has 2 heterocycles. The zero-order valence-corrected chi connectivity index (χ0v) is 17.7. The standard InChI is InChI=1S/C21H26ClN3O4/c1-4-29-21(27)17-11-14(2)25(15(17)3)13-20(26)23-18-12-16(22)5-6-19(18)24-7-9-28-10-8-24/h5-6,11-12H,4,7-10,13H2,1-3H3,(H,23,26). The zero-order chi connectivity index (χ0) is 21.0. The number of aromatic nitrogens is 1. The summed E-state index contributed by atoms with van der Waals surface area (Å²) in [5.41, 5.74) is 3.58. The van der Waals surface area contributed by atoms with Gasteiger partial charge in [-0.15, -0.1) is 0 Å². The van der Waals surface area contributed by atoms with Crippen LogP contribution in [-0.2, 0) is 20.8 Å². The Labute approximate surface area is 175 Å². The lowest BCUT2D eigenvalue weighted by atomic mass is 10.2. The average Bonchev–Trinajstić information content (AvgIpc) is 2.97. The van der Waals surface area contributed by atoms with E-state index in [-0.39, 0.29) is 18.4 Å². The van der Waals surface area contributed by atoms with E-state index in [2.05, 4.69) is 10.2 Å². The number of anilines is 2. The Bertz CT molecular complexity index is 904. The summed E-state index contributed by atoms with van der Waals surface area (Å²) in [6.45, 7) is 8.64. The van der Waals surface area contributed by atoms with Gasteiger partial charge in [0.2, 0.25) is 5.91 Å². The monoisotopic (exact) mass is 419 g/mol. The maximum atomic E-state index is 12.8. The topological polar surface area (TPSA) is 72.8 Å². The van der Waals surface area contributed by atoms with E-state index in [4.69, 9.17) is 21.1 Å². The lowest BCUT2D eigenvalue weighted by Crippen LogP contribution is -2.36. The number of ether oxygens (including phenoxy) is 2. The second-order valence-corrected chi connectivity index (χ2v) is 7.34. The Balaban J connectivity index is 1.78. The number of hydrogen-bond acceptors (Lipinski definition) is 5. The largest absolute Gasteiger partial charge is 0.462 e. The highest BCUT2D eigenvalue weighted by molar-refractivity contribution is 6.31. The van der Waals surface area contributed by atoms with Gasteiger partial charge in [0.05, 0.1) is 36.8 Å². The average molecular weight is 420 g/mol. The summed E-state index contributed by atoms with van der Waals surface area (Å²) in [6, 6.07) is 7.23. The van der Waals surface area contributed by atoms with Crippen LogP contribution in [0.5, 0.6) is 0 Å². The Morgan fingerprint density at radius 2 is 1.93 bits per heavy atom. The fraction of sp³-hybridized carbons (Fsp3) is 0.429. The molecule has 0 bridgehead atoms. The van der Waals surface area contributed by atoms with E-state index in [1.807, 2.05) is 26.0 Å². The fourth-order valence-electron chi connectivity index (χ4n) is 3.48. The zero-order valence-electron chi connectivity index (χ0n) is 17.0. The van der Waals surface area contributed by atoms with Gasteiger partial charge in [-0.2, -0.15) is 0 Å². The Kier molecular flexibility index (Phi) is 6.82. The second kappa shape index (κ2) is 9.33. The minimum atomic E-state index is -0.378. The number of rotatable bonds is 6. The van der Waals surface area contributed by atoms with Crippen molar-refractivity contribution in [3.05, 3.63) is 46.2 Å². The molecule has 1 saturated heterocycles. The van der Waals surface area contributed by atoms with Crippen molar-refractivity contribution in [3.8, 4) is 0 Å². The second-order valence-electron chi connectivity index (χ2n) is 6.90. The molecule has 0 atom stereocenters. The van der Waals surface area contributed by atoms with Gasteiger partial charge >= 0.3 is 5.97 Å². The van der Waals surface area contributed by atoms with Gasteiger partial charge in [0, 0.05) is 29.5 Å². The molecule has 1 amide bonds. The van der Waals surface area contributed by atoms with Gasteiger partial charge in [0.25, 0.3) is 0 Å². The minimum Gasteiger partial charge on any atom is -0.462 e. The van der Waals surface area contributed by atoms with E-state index in [1.54, 1.807) is 23.6 Å². The number of hydrogen-bond donors (Lipinski definition) is 1. The van der Waals surface area contributed by atoms with Gasteiger partial charge in [-0.25, -0.2) is 4.79 Å². The molecule has 29 heavy (non-hydrogen) atoms. The van der Waals surface area contributed by atoms with Gasteiger partial charge in [-0.05, 0) is 45.0 Å². The van der Waals surface area contributed by atoms with Crippen molar-refractivity contribution < 1.29 is 19.1 Å². The molecule has 0 spiro atoms. The molecule has 7 nitrogen and oxygen atoms in total. The number of aryl methyl sites for hydroxylation is 1. The molecule has 1 aliphatic rings. The van der Waals surface area contributed by atoms with E-state index < -0.39 is 0 Å². The number of carbonyl (C=O) groups is 2. The van der Waals surface area contributed by atoms with Gasteiger partial charge in [-0.3, -0.25) is 4.79 Å². The molecule has 156 valence electrons. The highest BCUT2D eigenvalue weighted by Crippen LogP contribution is 2.30. The molecule has 1 aliphatic heterocycles. The number of amides is 1. The Morgan fingerprint density at radius 1 is 1.21 bits per heavy atom. The van der Waals surface area contributed by atoms with Gasteiger partial charge < -0.3 is 24.3 Å². The van der Waals surface area contributed by atoms with Crippen LogP contribution in [-0.4, -0.2) is 49.4 Å². The van der Waals surface area contributed by atoms with E-state index in [1.165, 1.54) is 0 Å². The maximum Gasteiger partial charge on any atom is 0.339 e. The fourth-order valence-corrected chi connectivity index (χ4v) is 3.65. The number of benzene rings is 1. The molecular formula is C21H26ClN3O4. The van der Waals surface area contributed by atoms with Crippen LogP contribution in [0.15, 0.2) is 24.3 Å². The summed E-state index contributed by atoms with van der Waals surface area (Å²) in [6.07, 6.45) is 0. The van der Waals surface area contributed by atoms with Crippen LogP contribution < -0.4 is 10.2 Å². The number of esters is 1. The predicted molar refractivity (Wildman–Crippen MR) is 113 cm³/mol. The summed E-state index contributed by atoms with van der Waals surface area (Å²) in [4.78, 5) is 27.1. The van der Waals surface area contributed by atoms with Crippen LogP contribution in [0.2, 0.25) is 5.02 Å². The molecule has 0 radical (unpaired) electrons. The number of nitrogens with zero attached hydrogens (tertiary/aromatic N) is 2. The van der Waals surface area contributed by atoms with E-state index in [9.17, 15) is 9.59 Å². The van der Waals surface area contributed by atoms with Crippen molar-refractivity contribution in [2.45, 2.75) is 27.3 Å². The SMILES string of the molecule is CCOC(=O)c1cc(C)n(CC(=O)Nc2cc(Cl)ccc2N2CCOCC2)c1C. The number of carbonyl (C=O) groups excluding carboxylic acids is 2. The molecule has 0 unspecified atom stereocenters. The molecule has 0 aliphatic carbocycles. The van der Waals surface area contributed by atoms with Gasteiger partial charge in [0.1, 0.15) is 6.54 Å². The Hall–Kier alpha value is -2.51. The third kappa shape index (κ3) is 4.92. The van der Waals surface area contributed by atoms with Crippen molar-refractivity contribution >= 4 is 34.9 Å². The molecule has 2 aromatic rings. The Morgan fingerprint density at radius 3 is 2.62 bits per heavy atom. The number of halogens is 1. The number of morpholine rings is 1. The summed E-state index contributed by atoms with van der Waals surface area (Å²) < 4.78 is 12.3. The van der Waals surface area contributed by atoms with Crippen molar-refractivity contribution in [2.75, 3.05) is 43.1 Å². The van der Waals surface area contributed by atoms with Crippen molar-refractivity contribution in [1.29, 1.82) is 0 Å². The third-order valence-corrected chi connectivity index (χ3v) is 5.19. The molecule has 1 fully saturated rings.